The summed E-state index contributed by atoms with van der Waals surface area (Å²) in [7, 11) is 1.67. The molecule has 28 heavy (non-hydrogen) atoms. The second-order valence-electron chi connectivity index (χ2n) is 6.50. The molecule has 1 aromatic carbocycles. The van der Waals surface area contributed by atoms with Gasteiger partial charge in [0.05, 0.1) is 0 Å². The molecule has 0 unspecified atom stereocenters. The number of aryl methyl sites for hydroxylation is 3. The van der Waals surface area contributed by atoms with Gasteiger partial charge >= 0.3 is 0 Å². The predicted octanol–water partition coefficient (Wildman–Crippen LogP) is 3.50. The van der Waals surface area contributed by atoms with Crippen LogP contribution in [0.5, 0.6) is 0 Å². The van der Waals surface area contributed by atoms with E-state index in [0.29, 0.717) is 30.2 Å². The molecule has 2 rings (SSSR count). The first-order valence-corrected chi connectivity index (χ1v) is 9.56. The molecule has 0 radical (unpaired) electrons. The number of guanidine groups is 1. The lowest BCUT2D eigenvalue weighted by atomic mass is 10.1. The second kappa shape index (κ2) is 10.7. The molecule has 1 heterocycles. The number of aromatic nitrogens is 2. The summed E-state index contributed by atoms with van der Waals surface area (Å²) in [5.74, 6) is 0.967. The lowest BCUT2D eigenvalue weighted by Crippen LogP contribution is -2.39. The fourth-order valence-corrected chi connectivity index (χ4v) is 2.75. The molecule has 0 fully saturated rings. The van der Waals surface area contributed by atoms with Crippen LogP contribution in [0.15, 0.2) is 29.3 Å². The number of nitrogens with zero attached hydrogens (tertiary/aromatic N) is 3. The van der Waals surface area contributed by atoms with E-state index in [9.17, 15) is 0 Å². The molecule has 3 N–H and O–H groups in total. The highest BCUT2D eigenvalue weighted by Crippen LogP contribution is 2.17. The fraction of sp³-hybridized carbons (Fsp3) is 0.400. The zero-order chi connectivity index (χ0) is 20.5. The first kappa shape index (κ1) is 21.7. The summed E-state index contributed by atoms with van der Waals surface area (Å²) in [5, 5.41) is 9.91. The molecule has 0 aliphatic carbocycles. The van der Waals surface area contributed by atoms with E-state index < -0.39 is 0 Å². The first-order chi connectivity index (χ1) is 13.4. The van der Waals surface area contributed by atoms with Crippen molar-refractivity contribution >= 4 is 34.9 Å². The topological polar surface area (TPSA) is 83.5 Å². The maximum Gasteiger partial charge on any atom is 0.229 e. The van der Waals surface area contributed by atoms with Crippen molar-refractivity contribution in [1.29, 1.82) is 0 Å². The van der Waals surface area contributed by atoms with Crippen LogP contribution in [-0.2, 0) is 4.74 Å². The Morgan fingerprint density at radius 3 is 2.50 bits per heavy atom. The number of ether oxygens (including phenoxy) is 1. The monoisotopic (exact) mass is 400 g/mol. The number of nitrogens with one attached hydrogen (secondary N) is 3. The van der Waals surface area contributed by atoms with E-state index in [-0.39, 0.29) is 0 Å². The van der Waals surface area contributed by atoms with Gasteiger partial charge in [0.15, 0.2) is 5.11 Å². The van der Waals surface area contributed by atoms with Gasteiger partial charge in [0.2, 0.25) is 11.9 Å². The average Bonchev–Trinajstić information content (AvgIpc) is 2.61. The van der Waals surface area contributed by atoms with Crippen LogP contribution in [0.25, 0.3) is 0 Å². The van der Waals surface area contributed by atoms with E-state index in [4.69, 9.17) is 17.0 Å². The quantitative estimate of drug-likeness (QED) is 0.296. The maximum absolute atomic E-state index is 5.48. The normalized spacial score (nSPS) is 11.2. The minimum absolute atomic E-state index is 0.441. The van der Waals surface area contributed by atoms with Crippen molar-refractivity contribution in [1.82, 2.24) is 15.3 Å². The number of hydrogen-bond acceptors (Lipinski definition) is 5. The molecule has 2 aromatic rings. The Labute approximate surface area is 172 Å². The van der Waals surface area contributed by atoms with Gasteiger partial charge in [-0.15, -0.1) is 0 Å². The molecule has 0 amide bonds. The van der Waals surface area contributed by atoms with Crippen molar-refractivity contribution in [3.05, 3.63) is 46.8 Å². The molecule has 1 aromatic heterocycles. The molecule has 0 aliphatic rings. The molecule has 0 spiro atoms. The van der Waals surface area contributed by atoms with Gasteiger partial charge < -0.3 is 15.4 Å². The molecule has 0 saturated carbocycles. The Kier molecular flexibility index (Phi) is 8.28. The third kappa shape index (κ3) is 6.86. The molecular formula is C20H28N6OS. The lowest BCUT2D eigenvalue weighted by Gasteiger charge is -2.16. The van der Waals surface area contributed by atoms with Crippen LogP contribution >= 0.6 is 12.2 Å². The van der Waals surface area contributed by atoms with E-state index in [0.717, 1.165) is 29.1 Å². The van der Waals surface area contributed by atoms with Crippen molar-refractivity contribution in [2.45, 2.75) is 34.1 Å². The Hall–Kier alpha value is -2.58. The first-order valence-electron chi connectivity index (χ1n) is 9.16. The summed E-state index contributed by atoms with van der Waals surface area (Å²) in [6.45, 7) is 9.20. The molecule has 0 aliphatic heterocycles. The molecule has 0 saturated heterocycles. The highest BCUT2D eigenvalue weighted by atomic mass is 32.1. The Morgan fingerprint density at radius 2 is 1.82 bits per heavy atom. The van der Waals surface area contributed by atoms with Gasteiger partial charge in [-0.3, -0.25) is 10.3 Å². The van der Waals surface area contributed by atoms with Crippen LogP contribution in [0.2, 0.25) is 0 Å². The SMILES string of the molecule is COCCCN=C(NC(=S)Nc1cccc(C)c1C)Nc1nc(C)cc(C)n1. The highest BCUT2D eigenvalue weighted by Gasteiger charge is 2.08. The summed E-state index contributed by atoms with van der Waals surface area (Å²) in [5.41, 5.74) is 5.06. The van der Waals surface area contributed by atoms with Crippen LogP contribution in [0.4, 0.5) is 11.6 Å². The van der Waals surface area contributed by atoms with Crippen molar-refractivity contribution in [2.75, 3.05) is 30.9 Å². The van der Waals surface area contributed by atoms with Gasteiger partial charge in [-0.25, -0.2) is 9.97 Å². The minimum atomic E-state index is 0.441. The Balaban J connectivity index is 2.11. The smallest absolute Gasteiger partial charge is 0.229 e. The predicted molar refractivity (Wildman–Crippen MR) is 119 cm³/mol. The van der Waals surface area contributed by atoms with Crippen LogP contribution in [0, 0.1) is 27.7 Å². The summed E-state index contributed by atoms with van der Waals surface area (Å²) in [6, 6.07) is 7.97. The molecule has 0 bridgehead atoms. The molecular weight excluding hydrogens is 372 g/mol. The van der Waals surface area contributed by atoms with Gasteiger partial charge in [0, 0.05) is 37.3 Å². The van der Waals surface area contributed by atoms with Crippen LogP contribution in [-0.4, -0.2) is 41.3 Å². The summed E-state index contributed by atoms with van der Waals surface area (Å²) < 4.78 is 5.08. The third-order valence-corrected chi connectivity index (χ3v) is 4.28. The van der Waals surface area contributed by atoms with Crippen LogP contribution in [0.1, 0.15) is 28.9 Å². The number of aliphatic imine (C=N–C) groups is 1. The van der Waals surface area contributed by atoms with Gasteiger partial charge in [-0.2, -0.15) is 0 Å². The number of methoxy groups -OCH3 is 1. The second-order valence-corrected chi connectivity index (χ2v) is 6.91. The van der Waals surface area contributed by atoms with Gasteiger partial charge in [0.25, 0.3) is 0 Å². The van der Waals surface area contributed by atoms with E-state index >= 15 is 0 Å². The van der Waals surface area contributed by atoms with Gasteiger partial charge in [-0.05, 0) is 69.6 Å². The molecule has 150 valence electrons. The molecule has 7 nitrogen and oxygen atoms in total. The van der Waals surface area contributed by atoms with Crippen LogP contribution in [0.3, 0.4) is 0 Å². The zero-order valence-corrected chi connectivity index (χ0v) is 17.9. The number of rotatable bonds is 6. The number of hydrogen-bond donors (Lipinski definition) is 3. The number of anilines is 2. The van der Waals surface area contributed by atoms with E-state index in [1.165, 1.54) is 5.56 Å². The number of benzene rings is 1. The largest absolute Gasteiger partial charge is 0.385 e. The summed E-state index contributed by atoms with van der Waals surface area (Å²) in [4.78, 5) is 13.4. The Morgan fingerprint density at radius 1 is 1.11 bits per heavy atom. The molecule has 8 heteroatoms. The van der Waals surface area contributed by atoms with Gasteiger partial charge in [0.1, 0.15) is 0 Å². The number of thiocarbonyl (C=S) groups is 1. The molecule has 0 atom stereocenters. The summed E-state index contributed by atoms with van der Waals surface area (Å²) >= 11 is 5.48. The Bertz CT molecular complexity index is 832. The lowest BCUT2D eigenvalue weighted by molar-refractivity contribution is 0.197. The van der Waals surface area contributed by atoms with Crippen LogP contribution < -0.4 is 16.0 Å². The van der Waals surface area contributed by atoms with Gasteiger partial charge in [-0.1, -0.05) is 12.1 Å². The third-order valence-electron chi connectivity index (χ3n) is 4.07. The standard InChI is InChI=1S/C20H28N6OS/c1-13-8-6-9-17(16(13)4)24-20(28)26-18(21-10-7-11-27-5)25-19-22-14(2)12-15(3)23-19/h6,8-9,12H,7,10-11H2,1-5H3,(H3,21,22,23,24,25,26,28). The fourth-order valence-electron chi connectivity index (χ4n) is 2.55. The minimum Gasteiger partial charge on any atom is -0.385 e. The van der Waals surface area contributed by atoms with E-state index in [1.807, 2.05) is 32.0 Å². The average molecular weight is 401 g/mol. The maximum atomic E-state index is 5.48. The van der Waals surface area contributed by atoms with Crippen molar-refractivity contribution < 1.29 is 4.74 Å². The van der Waals surface area contributed by atoms with Crippen molar-refractivity contribution in [2.24, 2.45) is 4.99 Å². The van der Waals surface area contributed by atoms with E-state index in [1.54, 1.807) is 7.11 Å². The summed E-state index contributed by atoms with van der Waals surface area (Å²) in [6.07, 6.45) is 0.800. The van der Waals surface area contributed by atoms with Crippen molar-refractivity contribution in [3.8, 4) is 0 Å². The zero-order valence-electron chi connectivity index (χ0n) is 17.1. The highest BCUT2D eigenvalue weighted by molar-refractivity contribution is 7.80. The van der Waals surface area contributed by atoms with Crippen molar-refractivity contribution in [3.63, 3.8) is 0 Å². The van der Waals surface area contributed by atoms with E-state index in [2.05, 4.69) is 50.8 Å².